The topological polar surface area (TPSA) is 54.5 Å². The van der Waals surface area contributed by atoms with E-state index in [1.807, 2.05) is 6.07 Å². The summed E-state index contributed by atoms with van der Waals surface area (Å²) >= 11 is 8.12. The quantitative estimate of drug-likeness (QED) is 0.544. The first-order valence-electron chi connectivity index (χ1n) is 5.44. The van der Waals surface area contributed by atoms with Crippen LogP contribution < -0.4 is 4.90 Å². The van der Waals surface area contributed by atoms with E-state index in [2.05, 4.69) is 22.6 Å². The first-order chi connectivity index (χ1) is 8.76. The molecule has 1 saturated heterocycles. The molecule has 2 rings (SSSR count). The molecule has 1 unspecified atom stereocenters. The highest BCUT2D eigenvalue weighted by Gasteiger charge is 2.33. The second-order valence-electron chi connectivity index (χ2n) is 4.38. The Morgan fingerprint density at radius 2 is 2.11 bits per heavy atom. The number of hydrogen-bond donors (Lipinski definition) is 0. The lowest BCUT2D eigenvalue weighted by Crippen LogP contribution is -2.25. The monoisotopic (exact) mass is 433 g/mol. The number of amides is 1. The van der Waals surface area contributed by atoms with Crippen LogP contribution in [0.1, 0.15) is 6.42 Å². The van der Waals surface area contributed by atoms with Crippen LogP contribution in [-0.2, 0) is 13.8 Å². The van der Waals surface area contributed by atoms with E-state index >= 15 is 0 Å². The van der Waals surface area contributed by atoms with Gasteiger partial charge in [-0.25, -0.2) is 8.42 Å². The molecule has 8 heteroatoms. The van der Waals surface area contributed by atoms with Crippen molar-refractivity contribution in [1.82, 2.24) is 0 Å². The van der Waals surface area contributed by atoms with Crippen LogP contribution in [0.4, 0.5) is 5.69 Å². The van der Waals surface area contributed by atoms with E-state index in [4.69, 9.17) is 22.3 Å². The van der Waals surface area contributed by atoms with Crippen LogP contribution in [-0.4, -0.2) is 26.6 Å². The molecule has 0 bridgehead atoms. The van der Waals surface area contributed by atoms with Gasteiger partial charge in [-0.1, -0.05) is 11.6 Å². The minimum absolute atomic E-state index is 0.109. The third kappa shape index (κ3) is 3.96. The van der Waals surface area contributed by atoms with Gasteiger partial charge in [-0.2, -0.15) is 0 Å². The maximum atomic E-state index is 11.9. The molecule has 19 heavy (non-hydrogen) atoms. The summed E-state index contributed by atoms with van der Waals surface area (Å²) in [4.78, 5) is 13.5. The van der Waals surface area contributed by atoms with Crippen LogP contribution in [0.15, 0.2) is 18.2 Å². The number of nitrogens with zero attached hydrogens (tertiary/aromatic N) is 1. The lowest BCUT2D eigenvalue weighted by Gasteiger charge is -2.17. The number of rotatable bonds is 3. The van der Waals surface area contributed by atoms with Gasteiger partial charge in [0.05, 0.1) is 10.8 Å². The number of hydrogen-bond acceptors (Lipinski definition) is 3. The fraction of sp³-hybridized carbons (Fsp3) is 0.364. The second-order valence-corrected chi connectivity index (χ2v) is 8.77. The van der Waals surface area contributed by atoms with E-state index in [1.165, 1.54) is 0 Å². The van der Waals surface area contributed by atoms with Gasteiger partial charge in [0.2, 0.25) is 15.0 Å². The van der Waals surface area contributed by atoms with E-state index in [-0.39, 0.29) is 24.0 Å². The molecule has 1 fully saturated rings. The molecule has 0 radical (unpaired) electrons. The fourth-order valence-corrected chi connectivity index (χ4v) is 3.91. The fourth-order valence-electron chi connectivity index (χ4n) is 2.08. The van der Waals surface area contributed by atoms with Crippen LogP contribution in [0.5, 0.6) is 0 Å². The molecule has 0 N–H and O–H groups in total. The van der Waals surface area contributed by atoms with E-state index < -0.39 is 9.05 Å². The van der Waals surface area contributed by atoms with Gasteiger partial charge in [-0.15, -0.1) is 0 Å². The zero-order chi connectivity index (χ0) is 14.2. The highest BCUT2D eigenvalue weighted by molar-refractivity contribution is 14.1. The van der Waals surface area contributed by atoms with Crippen molar-refractivity contribution in [3.05, 3.63) is 26.8 Å². The largest absolute Gasteiger partial charge is 0.312 e. The first-order valence-corrected chi connectivity index (χ1v) is 9.37. The summed E-state index contributed by atoms with van der Waals surface area (Å²) in [7, 11) is 1.64. The van der Waals surface area contributed by atoms with Crippen LogP contribution in [0.2, 0.25) is 5.02 Å². The molecule has 4 nitrogen and oxygen atoms in total. The molecule has 1 amide bonds. The van der Waals surface area contributed by atoms with Crippen molar-refractivity contribution in [3.63, 3.8) is 0 Å². The minimum atomic E-state index is -3.59. The Morgan fingerprint density at radius 3 is 2.68 bits per heavy atom. The molecule has 1 heterocycles. The predicted molar refractivity (Wildman–Crippen MR) is 84.3 cm³/mol. The van der Waals surface area contributed by atoms with E-state index in [1.54, 1.807) is 17.0 Å². The number of benzene rings is 1. The highest BCUT2D eigenvalue weighted by Crippen LogP contribution is 2.30. The molecule has 1 atom stereocenters. The average Bonchev–Trinajstić information content (AvgIpc) is 2.61. The van der Waals surface area contributed by atoms with Crippen molar-refractivity contribution in [1.29, 1.82) is 0 Å². The van der Waals surface area contributed by atoms with Crippen molar-refractivity contribution in [2.45, 2.75) is 6.42 Å². The summed E-state index contributed by atoms with van der Waals surface area (Å²) in [6.45, 7) is 0.349. The number of halogens is 3. The van der Waals surface area contributed by atoms with Gasteiger partial charge >= 0.3 is 0 Å². The third-order valence-electron chi connectivity index (χ3n) is 2.85. The standard InChI is InChI=1S/C11H10Cl2INO3S/c12-9-4-8(1-2-10(9)14)15-5-7(3-11(15)16)6-19(13,17)18/h1-2,4,7H,3,5-6H2. The molecule has 0 spiro atoms. The number of carbonyl (C=O) groups excluding carboxylic acids is 1. The summed E-state index contributed by atoms with van der Waals surface area (Å²) in [5, 5.41) is 0.569. The SMILES string of the molecule is O=C1CC(CS(=O)(=O)Cl)CN1c1ccc(I)c(Cl)c1. The van der Waals surface area contributed by atoms with Gasteiger partial charge in [0, 0.05) is 38.8 Å². The Bertz CT molecular complexity index is 620. The van der Waals surface area contributed by atoms with Crippen molar-refractivity contribution in [2.24, 2.45) is 5.92 Å². The molecular weight excluding hydrogens is 424 g/mol. The Morgan fingerprint density at radius 1 is 1.42 bits per heavy atom. The Kier molecular flexibility index (Phi) is 4.64. The molecule has 1 aliphatic rings. The summed E-state index contributed by atoms with van der Waals surface area (Å²) in [5.74, 6) is -0.565. The van der Waals surface area contributed by atoms with Crippen LogP contribution >= 0.6 is 44.9 Å². The summed E-state index contributed by atoms with van der Waals surface area (Å²) in [5.41, 5.74) is 0.685. The zero-order valence-electron chi connectivity index (χ0n) is 9.64. The average molecular weight is 434 g/mol. The van der Waals surface area contributed by atoms with Gasteiger partial charge < -0.3 is 4.90 Å². The molecular formula is C11H10Cl2INO3S. The molecule has 1 aromatic carbocycles. The minimum Gasteiger partial charge on any atom is -0.312 e. The Labute approximate surface area is 134 Å². The normalized spacial score (nSPS) is 20.1. The second kappa shape index (κ2) is 5.75. The van der Waals surface area contributed by atoms with E-state index in [0.717, 1.165) is 3.57 Å². The van der Waals surface area contributed by atoms with Gasteiger partial charge in [0.15, 0.2) is 0 Å². The zero-order valence-corrected chi connectivity index (χ0v) is 14.1. The summed E-state index contributed by atoms with van der Waals surface area (Å²) in [6.07, 6.45) is 0.190. The highest BCUT2D eigenvalue weighted by atomic mass is 127. The van der Waals surface area contributed by atoms with Gasteiger partial charge in [0.25, 0.3) is 0 Å². The maximum Gasteiger partial charge on any atom is 0.232 e. The van der Waals surface area contributed by atoms with Gasteiger partial charge in [-0.05, 0) is 40.8 Å². The molecule has 0 aromatic heterocycles. The Hall–Kier alpha value is -0.0500. The lowest BCUT2D eigenvalue weighted by atomic mass is 10.1. The molecule has 0 saturated carbocycles. The molecule has 0 aliphatic carbocycles. The number of carbonyl (C=O) groups is 1. The van der Waals surface area contributed by atoms with Crippen LogP contribution in [0.3, 0.4) is 0 Å². The lowest BCUT2D eigenvalue weighted by molar-refractivity contribution is -0.117. The van der Waals surface area contributed by atoms with E-state index in [9.17, 15) is 13.2 Å². The van der Waals surface area contributed by atoms with Crippen molar-refractivity contribution < 1.29 is 13.2 Å². The van der Waals surface area contributed by atoms with Gasteiger partial charge in [0.1, 0.15) is 0 Å². The van der Waals surface area contributed by atoms with E-state index in [0.29, 0.717) is 17.3 Å². The third-order valence-corrected chi connectivity index (χ3v) is 5.67. The Balaban J connectivity index is 2.18. The van der Waals surface area contributed by atoms with Crippen LogP contribution in [0.25, 0.3) is 0 Å². The summed E-state index contributed by atoms with van der Waals surface area (Å²) in [6, 6.07) is 5.32. The number of anilines is 1. The molecule has 1 aromatic rings. The molecule has 104 valence electrons. The summed E-state index contributed by atoms with van der Waals surface area (Å²) < 4.78 is 23.0. The first kappa shape index (κ1) is 15.3. The predicted octanol–water partition coefficient (Wildman–Crippen LogP) is 2.87. The van der Waals surface area contributed by atoms with Crippen molar-refractivity contribution in [2.75, 3.05) is 17.2 Å². The molecule has 1 aliphatic heterocycles. The van der Waals surface area contributed by atoms with Crippen molar-refractivity contribution in [3.8, 4) is 0 Å². The van der Waals surface area contributed by atoms with Crippen molar-refractivity contribution >= 4 is 65.5 Å². The van der Waals surface area contributed by atoms with Gasteiger partial charge in [-0.3, -0.25) is 4.79 Å². The maximum absolute atomic E-state index is 11.9. The van der Waals surface area contributed by atoms with Crippen LogP contribution in [0, 0.1) is 9.49 Å². The smallest absolute Gasteiger partial charge is 0.232 e.